The molecule has 10 heteroatoms. The molecule has 3 aliphatic rings. The van der Waals surface area contributed by atoms with E-state index >= 15 is 0 Å². The number of carbonyl (C=O) groups is 3. The SMILES string of the molecule is Cc1cc([N+](=O)[O-])ccc1N1C(=O)[C@@H]2[C@H](C1=O)[C@H](C(=O)Nc1ccccc1)N1N=CC=C[C@H]21. The second-order valence-electron chi connectivity index (χ2n) is 8.11. The summed E-state index contributed by atoms with van der Waals surface area (Å²) in [6, 6.07) is 11.3. The van der Waals surface area contributed by atoms with Crippen molar-refractivity contribution in [3.05, 3.63) is 76.4 Å². The molecule has 1 N–H and O–H groups in total. The molecule has 3 heterocycles. The molecule has 5 rings (SSSR count). The Kier molecular flexibility index (Phi) is 4.77. The molecule has 4 atom stereocenters. The van der Waals surface area contributed by atoms with Crippen molar-refractivity contribution >= 4 is 41.0 Å². The van der Waals surface area contributed by atoms with Gasteiger partial charge >= 0.3 is 0 Å². The van der Waals surface area contributed by atoms with E-state index in [1.807, 2.05) is 6.07 Å². The van der Waals surface area contributed by atoms with Crippen LogP contribution in [0, 0.1) is 28.9 Å². The molecule has 2 saturated heterocycles. The van der Waals surface area contributed by atoms with Crippen LogP contribution in [0.25, 0.3) is 0 Å². The molecule has 0 bridgehead atoms. The normalized spacial score (nSPS) is 25.2. The number of fused-ring (bicyclic) bond motifs is 3. The van der Waals surface area contributed by atoms with Crippen LogP contribution in [0.2, 0.25) is 0 Å². The van der Waals surface area contributed by atoms with Gasteiger partial charge < -0.3 is 5.32 Å². The molecule has 33 heavy (non-hydrogen) atoms. The number of hydrogen-bond donors (Lipinski definition) is 1. The number of anilines is 2. The van der Waals surface area contributed by atoms with Gasteiger partial charge in [-0.25, -0.2) is 4.90 Å². The molecule has 3 amide bonds. The lowest BCUT2D eigenvalue weighted by Crippen LogP contribution is -2.47. The fraction of sp³-hybridized carbons (Fsp3) is 0.217. The second-order valence-corrected chi connectivity index (χ2v) is 8.11. The predicted molar refractivity (Wildman–Crippen MR) is 119 cm³/mol. The number of hydrogen-bond acceptors (Lipinski definition) is 7. The monoisotopic (exact) mass is 445 g/mol. The first kappa shape index (κ1) is 20.6. The first-order valence-electron chi connectivity index (χ1n) is 10.4. The van der Waals surface area contributed by atoms with E-state index in [1.54, 1.807) is 43.3 Å². The standard InChI is InChI=1S/C23H19N5O5/c1-13-12-15(28(32)33)9-10-16(13)26-22(30)18-17-8-5-11-24-27(17)20(19(18)23(26)31)21(29)25-14-6-3-2-4-7-14/h2-12,17-20H,1H3,(H,25,29)/t17-,18+,19+,20-/m1/s1. The van der Waals surface area contributed by atoms with E-state index < -0.39 is 46.6 Å². The molecule has 2 aromatic carbocycles. The molecule has 2 fully saturated rings. The number of aryl methyl sites for hydroxylation is 1. The summed E-state index contributed by atoms with van der Waals surface area (Å²) in [6.45, 7) is 1.60. The Morgan fingerprint density at radius 1 is 1.09 bits per heavy atom. The number of nitro benzene ring substituents is 1. The van der Waals surface area contributed by atoms with Gasteiger partial charge in [0.25, 0.3) is 5.69 Å². The average Bonchev–Trinajstić information content (AvgIpc) is 3.27. The van der Waals surface area contributed by atoms with Crippen molar-refractivity contribution in [2.45, 2.75) is 19.0 Å². The van der Waals surface area contributed by atoms with E-state index in [0.717, 1.165) is 4.90 Å². The van der Waals surface area contributed by atoms with Crippen molar-refractivity contribution in [3.8, 4) is 0 Å². The molecule has 0 radical (unpaired) electrons. The van der Waals surface area contributed by atoms with Crippen LogP contribution in [0.3, 0.4) is 0 Å². The Labute approximate surface area is 188 Å². The second kappa shape index (κ2) is 7.66. The molecule has 0 unspecified atom stereocenters. The lowest BCUT2D eigenvalue weighted by Gasteiger charge is -2.30. The maximum Gasteiger partial charge on any atom is 0.269 e. The van der Waals surface area contributed by atoms with Crippen molar-refractivity contribution in [3.63, 3.8) is 0 Å². The zero-order valence-corrected chi connectivity index (χ0v) is 17.5. The number of benzene rings is 2. The number of amides is 3. The van der Waals surface area contributed by atoms with Gasteiger partial charge in [0.2, 0.25) is 17.7 Å². The van der Waals surface area contributed by atoms with E-state index in [2.05, 4.69) is 10.4 Å². The fourth-order valence-electron chi connectivity index (χ4n) is 4.82. The Morgan fingerprint density at radius 2 is 1.82 bits per heavy atom. The van der Waals surface area contributed by atoms with Gasteiger partial charge in [-0.1, -0.05) is 24.3 Å². The molecular formula is C23H19N5O5. The number of nitrogens with one attached hydrogen (secondary N) is 1. The van der Waals surface area contributed by atoms with E-state index in [0.29, 0.717) is 11.3 Å². The first-order chi connectivity index (χ1) is 15.9. The van der Waals surface area contributed by atoms with Crippen LogP contribution >= 0.6 is 0 Å². The van der Waals surface area contributed by atoms with Crippen LogP contribution in [0.5, 0.6) is 0 Å². The topological polar surface area (TPSA) is 125 Å². The maximum atomic E-state index is 13.6. The number of nitrogens with zero attached hydrogens (tertiary/aromatic N) is 4. The molecule has 166 valence electrons. The van der Waals surface area contributed by atoms with Crippen LogP contribution in [-0.4, -0.2) is 46.0 Å². The summed E-state index contributed by atoms with van der Waals surface area (Å²) in [5.41, 5.74) is 1.14. The number of imide groups is 1. The zero-order chi connectivity index (χ0) is 23.3. The summed E-state index contributed by atoms with van der Waals surface area (Å²) in [7, 11) is 0. The van der Waals surface area contributed by atoms with Gasteiger partial charge in [0.1, 0.15) is 6.04 Å². The number of carbonyl (C=O) groups excluding carboxylic acids is 3. The quantitative estimate of drug-likeness (QED) is 0.437. The highest BCUT2D eigenvalue weighted by molar-refractivity contribution is 6.24. The molecule has 2 aromatic rings. The van der Waals surface area contributed by atoms with Crippen LogP contribution in [0.1, 0.15) is 5.56 Å². The van der Waals surface area contributed by atoms with Gasteiger partial charge in [0, 0.05) is 24.0 Å². The molecule has 0 aromatic heterocycles. The third kappa shape index (κ3) is 3.18. The summed E-state index contributed by atoms with van der Waals surface area (Å²) in [5, 5.41) is 19.7. The molecule has 3 aliphatic heterocycles. The predicted octanol–water partition coefficient (Wildman–Crippen LogP) is 2.26. The van der Waals surface area contributed by atoms with Gasteiger partial charge in [-0.3, -0.25) is 29.5 Å². The van der Waals surface area contributed by atoms with Gasteiger partial charge in [0.15, 0.2) is 0 Å². The highest BCUT2D eigenvalue weighted by atomic mass is 16.6. The minimum absolute atomic E-state index is 0.133. The number of rotatable bonds is 4. The van der Waals surface area contributed by atoms with Gasteiger partial charge in [0.05, 0.1) is 28.5 Å². The number of non-ortho nitro benzene ring substituents is 1. The third-order valence-corrected chi connectivity index (χ3v) is 6.23. The number of allylic oxidation sites excluding steroid dienone is 1. The number of para-hydroxylation sites is 1. The van der Waals surface area contributed by atoms with E-state index in [4.69, 9.17) is 0 Å². The Morgan fingerprint density at radius 3 is 2.52 bits per heavy atom. The van der Waals surface area contributed by atoms with Gasteiger partial charge in [-0.05, 0) is 36.8 Å². The first-order valence-corrected chi connectivity index (χ1v) is 10.4. The molecule has 0 spiro atoms. The highest BCUT2D eigenvalue weighted by Gasteiger charge is 2.64. The lowest BCUT2D eigenvalue weighted by molar-refractivity contribution is -0.384. The van der Waals surface area contributed by atoms with Crippen molar-refractivity contribution in [2.75, 3.05) is 10.2 Å². The van der Waals surface area contributed by atoms with Crippen molar-refractivity contribution in [2.24, 2.45) is 16.9 Å². The van der Waals surface area contributed by atoms with E-state index in [-0.39, 0.29) is 11.4 Å². The summed E-state index contributed by atoms with van der Waals surface area (Å²) in [6.07, 6.45) is 4.97. The largest absolute Gasteiger partial charge is 0.324 e. The smallest absolute Gasteiger partial charge is 0.269 e. The minimum atomic E-state index is -0.985. The summed E-state index contributed by atoms with van der Waals surface area (Å²) in [4.78, 5) is 51.9. The van der Waals surface area contributed by atoms with Crippen molar-refractivity contribution in [1.82, 2.24) is 5.01 Å². The Bertz CT molecular complexity index is 1240. The Hall–Kier alpha value is -4.34. The molecule has 0 aliphatic carbocycles. The van der Waals surface area contributed by atoms with E-state index in [1.165, 1.54) is 29.4 Å². The van der Waals surface area contributed by atoms with Crippen LogP contribution in [0.4, 0.5) is 17.1 Å². The third-order valence-electron chi connectivity index (χ3n) is 6.23. The van der Waals surface area contributed by atoms with Gasteiger partial charge in [-0.15, -0.1) is 0 Å². The van der Waals surface area contributed by atoms with Crippen molar-refractivity contribution < 1.29 is 19.3 Å². The lowest BCUT2D eigenvalue weighted by atomic mass is 9.88. The summed E-state index contributed by atoms with van der Waals surface area (Å²) in [5.74, 6) is -3.15. The van der Waals surface area contributed by atoms with Crippen molar-refractivity contribution in [1.29, 1.82) is 0 Å². The average molecular weight is 445 g/mol. The van der Waals surface area contributed by atoms with Gasteiger partial charge in [-0.2, -0.15) is 5.10 Å². The molecule has 10 nitrogen and oxygen atoms in total. The molecule has 0 saturated carbocycles. The van der Waals surface area contributed by atoms with Crippen LogP contribution in [-0.2, 0) is 14.4 Å². The highest BCUT2D eigenvalue weighted by Crippen LogP contribution is 2.46. The number of hydrazone groups is 1. The summed E-state index contributed by atoms with van der Waals surface area (Å²) < 4.78 is 0. The molecular weight excluding hydrogens is 426 g/mol. The fourth-order valence-corrected chi connectivity index (χ4v) is 4.82. The number of nitro groups is 1. The minimum Gasteiger partial charge on any atom is -0.324 e. The zero-order valence-electron chi connectivity index (χ0n) is 17.5. The van der Waals surface area contributed by atoms with E-state index in [9.17, 15) is 24.5 Å². The Balaban J connectivity index is 1.52. The maximum absolute atomic E-state index is 13.6. The van der Waals surface area contributed by atoms with Crippen LogP contribution < -0.4 is 10.2 Å². The van der Waals surface area contributed by atoms with Crippen LogP contribution in [0.15, 0.2) is 65.8 Å². The summed E-state index contributed by atoms with van der Waals surface area (Å²) >= 11 is 0.